The Morgan fingerprint density at radius 3 is 2.58 bits per heavy atom. The van der Waals surface area contributed by atoms with Crippen molar-refractivity contribution >= 4 is 11.6 Å². The number of guanidine groups is 1. The van der Waals surface area contributed by atoms with Gasteiger partial charge in [0.05, 0.1) is 13.2 Å². The van der Waals surface area contributed by atoms with Gasteiger partial charge in [-0.1, -0.05) is 30.3 Å². The van der Waals surface area contributed by atoms with Crippen LogP contribution in [0.1, 0.15) is 12.5 Å². The summed E-state index contributed by atoms with van der Waals surface area (Å²) in [4.78, 5) is 4.16. The number of hydrogen-bond donors (Lipinski definition) is 2. The summed E-state index contributed by atoms with van der Waals surface area (Å²) in [5.74, 6) is 0.400. The average Bonchev–Trinajstić information content (AvgIpc) is 2.56. The van der Waals surface area contributed by atoms with Crippen LogP contribution in [0.25, 0.3) is 0 Å². The number of alkyl halides is 2. The Morgan fingerprint density at radius 1 is 1.17 bits per heavy atom. The van der Waals surface area contributed by atoms with E-state index in [1.807, 2.05) is 30.3 Å². The monoisotopic (exact) mass is 335 g/mol. The average molecular weight is 335 g/mol. The third-order valence-electron chi connectivity index (χ3n) is 3.03. The van der Waals surface area contributed by atoms with Crippen molar-refractivity contribution < 1.29 is 18.3 Å². The Balaban J connectivity index is 2.15. The van der Waals surface area contributed by atoms with Gasteiger partial charge >= 0.3 is 6.61 Å². The molecule has 7 heteroatoms. The second kappa shape index (κ2) is 8.71. The maximum absolute atomic E-state index is 12.7. The minimum absolute atomic E-state index is 0.0226. The number of benzene rings is 2. The molecule has 0 spiro atoms. The molecule has 0 fully saturated rings. The molecule has 2 aromatic carbocycles. The topological polar surface area (TPSA) is 68.9 Å². The SMILES string of the molecule is CCOc1cccc(CN=C(N)Nc2ccccc2)c1OC(F)F. The number of anilines is 1. The van der Waals surface area contributed by atoms with Crippen LogP contribution in [0, 0.1) is 0 Å². The van der Waals surface area contributed by atoms with Crippen LogP contribution in [0.4, 0.5) is 14.5 Å². The van der Waals surface area contributed by atoms with E-state index in [0.717, 1.165) is 5.69 Å². The molecule has 2 rings (SSSR count). The fraction of sp³-hybridized carbons (Fsp3) is 0.235. The van der Waals surface area contributed by atoms with Crippen LogP contribution in [0.3, 0.4) is 0 Å². The predicted molar refractivity (Wildman–Crippen MR) is 89.6 cm³/mol. The zero-order valence-electron chi connectivity index (χ0n) is 13.2. The molecule has 5 nitrogen and oxygen atoms in total. The summed E-state index contributed by atoms with van der Waals surface area (Å²) in [6.45, 7) is -0.772. The largest absolute Gasteiger partial charge is 0.490 e. The molecule has 2 aromatic rings. The van der Waals surface area contributed by atoms with Crippen molar-refractivity contribution in [3.8, 4) is 11.5 Å². The number of ether oxygens (including phenoxy) is 2. The molecule has 0 radical (unpaired) electrons. The lowest BCUT2D eigenvalue weighted by Gasteiger charge is -2.14. The molecule has 24 heavy (non-hydrogen) atoms. The molecule has 0 saturated heterocycles. The molecule has 0 aliphatic carbocycles. The van der Waals surface area contributed by atoms with E-state index in [9.17, 15) is 8.78 Å². The predicted octanol–water partition coefficient (Wildman–Crippen LogP) is 3.61. The van der Waals surface area contributed by atoms with Crippen molar-refractivity contribution in [1.82, 2.24) is 0 Å². The molecule has 128 valence electrons. The van der Waals surface area contributed by atoms with E-state index in [4.69, 9.17) is 10.5 Å². The molecule has 3 N–H and O–H groups in total. The standard InChI is InChI=1S/C17H19F2N3O2/c1-2-23-14-10-6-7-12(15(14)24-16(18)19)11-21-17(20)22-13-8-4-3-5-9-13/h3-10,16H,2,11H2,1H3,(H3,20,21,22). The highest BCUT2D eigenvalue weighted by atomic mass is 19.3. The summed E-state index contributed by atoms with van der Waals surface area (Å²) in [7, 11) is 0. The third-order valence-corrected chi connectivity index (χ3v) is 3.03. The Morgan fingerprint density at radius 2 is 1.92 bits per heavy atom. The zero-order chi connectivity index (χ0) is 17.4. The number of rotatable bonds is 7. The number of para-hydroxylation sites is 2. The van der Waals surface area contributed by atoms with Gasteiger partial charge in [0, 0.05) is 11.3 Å². The summed E-state index contributed by atoms with van der Waals surface area (Å²) in [6, 6.07) is 14.2. The van der Waals surface area contributed by atoms with Crippen molar-refractivity contribution in [2.45, 2.75) is 20.1 Å². The first-order valence-electron chi connectivity index (χ1n) is 7.41. The van der Waals surface area contributed by atoms with E-state index in [-0.39, 0.29) is 24.0 Å². The molecule has 0 aliphatic heterocycles. The van der Waals surface area contributed by atoms with Gasteiger partial charge in [-0.2, -0.15) is 8.78 Å². The van der Waals surface area contributed by atoms with Gasteiger partial charge in [0.2, 0.25) is 0 Å². The molecular weight excluding hydrogens is 316 g/mol. The van der Waals surface area contributed by atoms with E-state index < -0.39 is 6.61 Å². The third kappa shape index (κ3) is 5.12. The van der Waals surface area contributed by atoms with Crippen LogP contribution in [0.15, 0.2) is 53.5 Å². The van der Waals surface area contributed by atoms with Crippen LogP contribution in [-0.4, -0.2) is 19.2 Å². The van der Waals surface area contributed by atoms with E-state index >= 15 is 0 Å². The van der Waals surface area contributed by atoms with E-state index in [0.29, 0.717) is 12.2 Å². The minimum Gasteiger partial charge on any atom is -0.490 e. The van der Waals surface area contributed by atoms with Crippen LogP contribution < -0.4 is 20.5 Å². The molecular formula is C17H19F2N3O2. The molecule has 0 aromatic heterocycles. The lowest BCUT2D eigenvalue weighted by molar-refractivity contribution is -0.0520. The number of aliphatic imine (C=N–C) groups is 1. The Labute approximate surface area is 139 Å². The highest BCUT2D eigenvalue weighted by Crippen LogP contribution is 2.33. The van der Waals surface area contributed by atoms with Gasteiger partial charge in [-0.25, -0.2) is 4.99 Å². The molecule has 0 saturated carbocycles. The fourth-order valence-electron chi connectivity index (χ4n) is 2.06. The summed E-state index contributed by atoms with van der Waals surface area (Å²) >= 11 is 0. The first-order valence-corrected chi connectivity index (χ1v) is 7.41. The zero-order valence-corrected chi connectivity index (χ0v) is 13.2. The van der Waals surface area contributed by atoms with Gasteiger partial charge < -0.3 is 20.5 Å². The number of nitrogens with zero attached hydrogens (tertiary/aromatic N) is 1. The lowest BCUT2D eigenvalue weighted by Crippen LogP contribution is -2.22. The first kappa shape index (κ1) is 17.5. The van der Waals surface area contributed by atoms with E-state index in [1.165, 1.54) is 0 Å². The van der Waals surface area contributed by atoms with E-state index in [1.54, 1.807) is 25.1 Å². The number of hydrogen-bond acceptors (Lipinski definition) is 3. The van der Waals surface area contributed by atoms with Gasteiger partial charge in [0.1, 0.15) is 0 Å². The minimum atomic E-state index is -2.95. The summed E-state index contributed by atoms with van der Waals surface area (Å²) in [6.07, 6.45) is 0. The van der Waals surface area contributed by atoms with Crippen molar-refractivity contribution in [3.05, 3.63) is 54.1 Å². The van der Waals surface area contributed by atoms with Crippen molar-refractivity contribution in [2.75, 3.05) is 11.9 Å². The van der Waals surface area contributed by atoms with Crippen LogP contribution in [0.2, 0.25) is 0 Å². The second-order valence-corrected chi connectivity index (χ2v) is 4.75. The Hall–Kier alpha value is -2.83. The highest BCUT2D eigenvalue weighted by Gasteiger charge is 2.15. The Kier molecular flexibility index (Phi) is 6.36. The van der Waals surface area contributed by atoms with Crippen LogP contribution in [-0.2, 0) is 6.54 Å². The molecule has 0 amide bonds. The van der Waals surface area contributed by atoms with Crippen molar-refractivity contribution in [3.63, 3.8) is 0 Å². The van der Waals surface area contributed by atoms with Gasteiger partial charge in [0.25, 0.3) is 0 Å². The van der Waals surface area contributed by atoms with Crippen molar-refractivity contribution in [2.24, 2.45) is 10.7 Å². The van der Waals surface area contributed by atoms with Gasteiger partial charge in [-0.3, -0.25) is 0 Å². The maximum Gasteiger partial charge on any atom is 0.387 e. The van der Waals surface area contributed by atoms with Gasteiger partial charge in [-0.15, -0.1) is 0 Å². The Bertz CT molecular complexity index is 679. The fourth-order valence-corrected chi connectivity index (χ4v) is 2.06. The maximum atomic E-state index is 12.7. The van der Waals surface area contributed by atoms with Gasteiger partial charge in [0.15, 0.2) is 17.5 Å². The van der Waals surface area contributed by atoms with Crippen LogP contribution >= 0.6 is 0 Å². The number of nitrogens with one attached hydrogen (secondary N) is 1. The smallest absolute Gasteiger partial charge is 0.387 e. The quantitative estimate of drug-likeness (QED) is 0.599. The van der Waals surface area contributed by atoms with Crippen molar-refractivity contribution in [1.29, 1.82) is 0 Å². The molecule has 0 heterocycles. The summed E-state index contributed by atoms with van der Waals surface area (Å²) in [5.41, 5.74) is 7.06. The normalized spacial score (nSPS) is 11.4. The summed E-state index contributed by atoms with van der Waals surface area (Å²) in [5, 5.41) is 2.92. The molecule has 0 atom stereocenters. The molecule has 0 aliphatic rings. The number of halogens is 2. The van der Waals surface area contributed by atoms with Crippen LogP contribution in [0.5, 0.6) is 11.5 Å². The molecule has 0 bridgehead atoms. The second-order valence-electron chi connectivity index (χ2n) is 4.75. The molecule has 0 unspecified atom stereocenters. The highest BCUT2D eigenvalue weighted by molar-refractivity contribution is 5.92. The number of nitrogens with two attached hydrogens (primary N) is 1. The first-order chi connectivity index (χ1) is 11.6. The summed E-state index contributed by atoms with van der Waals surface area (Å²) < 4.78 is 35.2. The lowest BCUT2D eigenvalue weighted by atomic mass is 10.2. The van der Waals surface area contributed by atoms with E-state index in [2.05, 4.69) is 15.0 Å². The van der Waals surface area contributed by atoms with Gasteiger partial charge in [-0.05, 0) is 25.1 Å².